The number of anilines is 1. The lowest BCUT2D eigenvalue weighted by Crippen LogP contribution is -2.48. The van der Waals surface area contributed by atoms with E-state index in [1.807, 2.05) is 13.8 Å². The van der Waals surface area contributed by atoms with Crippen LogP contribution in [0.5, 0.6) is 0 Å². The van der Waals surface area contributed by atoms with E-state index in [0.29, 0.717) is 42.5 Å². The van der Waals surface area contributed by atoms with E-state index in [4.69, 9.17) is 15.2 Å². The number of hydrogen-bond acceptors (Lipinski definition) is 6. The fourth-order valence-electron chi connectivity index (χ4n) is 2.37. The normalized spacial score (nSPS) is 12.0. The van der Waals surface area contributed by atoms with Crippen molar-refractivity contribution in [3.8, 4) is 0 Å². The molecule has 1 aromatic carbocycles. The summed E-state index contributed by atoms with van der Waals surface area (Å²) in [5.41, 5.74) is 6.71. The Kier molecular flexibility index (Phi) is 12.4. The Morgan fingerprint density at radius 1 is 1.07 bits per heavy atom. The first-order valence-electron chi connectivity index (χ1n) is 9.76. The number of carbonyl (C=O) groups excluding carboxylic acids is 2. The van der Waals surface area contributed by atoms with Crippen molar-refractivity contribution in [2.45, 2.75) is 45.9 Å². The molecule has 0 fully saturated rings. The first kappa shape index (κ1) is 24.3. The van der Waals surface area contributed by atoms with Crippen molar-refractivity contribution in [1.82, 2.24) is 10.6 Å². The maximum absolute atomic E-state index is 12.5. The molecule has 1 atom stereocenters. The van der Waals surface area contributed by atoms with Gasteiger partial charge >= 0.3 is 0 Å². The lowest BCUT2D eigenvalue weighted by molar-refractivity contribution is -0.122. The van der Waals surface area contributed by atoms with Gasteiger partial charge in [-0.25, -0.2) is 0 Å². The van der Waals surface area contributed by atoms with Gasteiger partial charge in [0.25, 0.3) is 5.91 Å². The number of nitrogen functional groups attached to an aromatic ring is 1. The largest absolute Gasteiger partial charge is 0.399 e. The van der Waals surface area contributed by atoms with Gasteiger partial charge in [-0.3, -0.25) is 9.59 Å². The van der Waals surface area contributed by atoms with E-state index in [1.165, 1.54) is 11.8 Å². The van der Waals surface area contributed by atoms with Gasteiger partial charge in [0.05, 0.1) is 0 Å². The smallest absolute Gasteiger partial charge is 0.251 e. The van der Waals surface area contributed by atoms with Crippen LogP contribution in [0.3, 0.4) is 0 Å². The molecule has 1 unspecified atom stereocenters. The monoisotopic (exact) mass is 411 g/mol. The molecule has 4 N–H and O–H groups in total. The summed E-state index contributed by atoms with van der Waals surface area (Å²) in [4.78, 5) is 25.1. The Hall–Kier alpha value is -1.77. The second-order valence-corrected chi connectivity index (χ2v) is 7.25. The molecule has 0 aliphatic rings. The number of hydrogen-bond donors (Lipinski definition) is 3. The number of nitrogens with two attached hydrogens (primary N) is 1. The number of unbranched alkanes of at least 4 members (excludes halogenated alkanes) is 1. The summed E-state index contributed by atoms with van der Waals surface area (Å²) < 4.78 is 11.0. The number of nitrogens with one attached hydrogen (secondary N) is 2. The van der Waals surface area contributed by atoms with Crippen molar-refractivity contribution in [2.75, 3.05) is 37.0 Å². The minimum Gasteiger partial charge on any atom is -0.399 e. The van der Waals surface area contributed by atoms with Crippen LogP contribution in [-0.2, 0) is 14.3 Å². The molecule has 0 saturated carbocycles. The average Bonchev–Trinajstić information content (AvgIpc) is 2.68. The van der Waals surface area contributed by atoms with Gasteiger partial charge < -0.3 is 25.8 Å². The van der Waals surface area contributed by atoms with E-state index in [9.17, 15) is 9.59 Å². The number of benzene rings is 1. The summed E-state index contributed by atoms with van der Waals surface area (Å²) in [6.07, 6.45) is 1.56. The van der Waals surface area contributed by atoms with Crippen LogP contribution in [0.25, 0.3) is 0 Å². The van der Waals surface area contributed by atoms with E-state index < -0.39 is 6.04 Å². The summed E-state index contributed by atoms with van der Waals surface area (Å²) in [6.45, 7) is 7.58. The molecule has 158 valence electrons. The highest BCUT2D eigenvalue weighted by atomic mass is 32.2. The third-order valence-corrected chi connectivity index (χ3v) is 4.94. The van der Waals surface area contributed by atoms with Crippen molar-refractivity contribution >= 4 is 29.3 Å². The van der Waals surface area contributed by atoms with Crippen molar-refractivity contribution in [2.24, 2.45) is 0 Å². The molecule has 0 aliphatic carbocycles. The number of rotatable bonds is 14. The fraction of sp³-hybridized carbons (Fsp3) is 0.600. The standard InChI is InChI=1S/C20H33N3O4S/c1-4-7-12-22-20(25)17(13-28-14-18(26-5-2)27-6-3)23-19(24)15-8-10-16(21)11-9-15/h8-11,17-18H,4-7,12-14,21H2,1-3H3,(H,22,25)(H,23,24). The summed E-state index contributed by atoms with van der Waals surface area (Å²) in [5, 5.41) is 5.71. The van der Waals surface area contributed by atoms with Crippen LogP contribution in [-0.4, -0.2) is 55.4 Å². The molecule has 0 aliphatic heterocycles. The molecule has 28 heavy (non-hydrogen) atoms. The molecule has 7 nitrogen and oxygen atoms in total. The van der Waals surface area contributed by atoms with Crippen LogP contribution in [0, 0.1) is 0 Å². The van der Waals surface area contributed by atoms with Crippen LogP contribution in [0.4, 0.5) is 5.69 Å². The highest BCUT2D eigenvalue weighted by molar-refractivity contribution is 7.99. The third kappa shape index (κ3) is 9.43. The molecule has 1 aromatic rings. The highest BCUT2D eigenvalue weighted by Crippen LogP contribution is 2.11. The predicted molar refractivity (Wildman–Crippen MR) is 114 cm³/mol. The van der Waals surface area contributed by atoms with Gasteiger partial charge in [-0.15, -0.1) is 0 Å². The zero-order valence-corrected chi connectivity index (χ0v) is 17.8. The highest BCUT2D eigenvalue weighted by Gasteiger charge is 2.22. The Morgan fingerprint density at radius 3 is 2.29 bits per heavy atom. The molecular weight excluding hydrogens is 378 g/mol. The molecule has 0 aromatic heterocycles. The summed E-state index contributed by atoms with van der Waals surface area (Å²) in [5.74, 6) is 0.518. The molecule has 1 rings (SSSR count). The number of thioether (sulfide) groups is 1. The van der Waals surface area contributed by atoms with E-state index in [0.717, 1.165) is 12.8 Å². The van der Waals surface area contributed by atoms with Gasteiger partial charge in [0.2, 0.25) is 5.91 Å². The first-order valence-corrected chi connectivity index (χ1v) is 10.9. The maximum atomic E-state index is 12.5. The van der Waals surface area contributed by atoms with Crippen molar-refractivity contribution in [3.63, 3.8) is 0 Å². The van der Waals surface area contributed by atoms with E-state index >= 15 is 0 Å². The third-order valence-electron chi connectivity index (χ3n) is 3.87. The maximum Gasteiger partial charge on any atom is 0.251 e. The van der Waals surface area contributed by atoms with Crippen LogP contribution in [0.1, 0.15) is 44.0 Å². The minimum atomic E-state index is -0.643. The number of amides is 2. The summed E-state index contributed by atoms with van der Waals surface area (Å²) in [7, 11) is 0. The molecule has 0 radical (unpaired) electrons. The zero-order valence-electron chi connectivity index (χ0n) is 17.0. The Morgan fingerprint density at radius 2 is 1.71 bits per heavy atom. The van der Waals surface area contributed by atoms with Crippen LogP contribution in [0.2, 0.25) is 0 Å². The van der Waals surface area contributed by atoms with Gasteiger partial charge in [-0.05, 0) is 44.5 Å². The summed E-state index contributed by atoms with van der Waals surface area (Å²) >= 11 is 1.51. The molecule has 0 bridgehead atoms. The number of ether oxygens (including phenoxy) is 2. The van der Waals surface area contributed by atoms with Crippen molar-refractivity contribution < 1.29 is 19.1 Å². The molecule has 0 spiro atoms. The van der Waals surface area contributed by atoms with Crippen molar-refractivity contribution in [1.29, 1.82) is 0 Å². The predicted octanol–water partition coefficient (Wildman–Crippen LogP) is 2.42. The van der Waals surface area contributed by atoms with E-state index in [-0.39, 0.29) is 18.1 Å². The van der Waals surface area contributed by atoms with Gasteiger partial charge in [0, 0.05) is 42.5 Å². The second-order valence-electron chi connectivity index (χ2n) is 6.17. The van der Waals surface area contributed by atoms with Gasteiger partial charge in [-0.1, -0.05) is 13.3 Å². The molecule has 2 amide bonds. The second kappa shape index (κ2) is 14.3. The van der Waals surface area contributed by atoms with Crippen molar-refractivity contribution in [3.05, 3.63) is 29.8 Å². The lowest BCUT2D eigenvalue weighted by Gasteiger charge is -2.20. The number of carbonyl (C=O) groups is 2. The summed E-state index contributed by atoms with van der Waals surface area (Å²) in [6, 6.07) is 5.97. The van der Waals surface area contributed by atoms with E-state index in [2.05, 4.69) is 17.6 Å². The quantitative estimate of drug-likeness (QED) is 0.247. The topological polar surface area (TPSA) is 103 Å². The van der Waals surface area contributed by atoms with E-state index in [1.54, 1.807) is 24.3 Å². The zero-order chi connectivity index (χ0) is 20.8. The Labute approximate surface area is 172 Å². The van der Waals surface area contributed by atoms with Gasteiger partial charge in [-0.2, -0.15) is 11.8 Å². The Balaban J connectivity index is 2.68. The van der Waals surface area contributed by atoms with Crippen LogP contribution < -0.4 is 16.4 Å². The van der Waals surface area contributed by atoms with Gasteiger partial charge in [0.1, 0.15) is 6.04 Å². The first-order chi connectivity index (χ1) is 13.5. The molecule has 0 saturated heterocycles. The average molecular weight is 412 g/mol. The molecule has 8 heteroatoms. The minimum absolute atomic E-state index is 0.186. The fourth-order valence-corrected chi connectivity index (χ4v) is 3.36. The van der Waals surface area contributed by atoms with Crippen LogP contribution in [0.15, 0.2) is 24.3 Å². The van der Waals surface area contributed by atoms with Crippen LogP contribution >= 0.6 is 11.8 Å². The van der Waals surface area contributed by atoms with Gasteiger partial charge in [0.15, 0.2) is 6.29 Å². The Bertz CT molecular complexity index is 577. The molecule has 0 heterocycles. The molecular formula is C20H33N3O4S. The SMILES string of the molecule is CCCCNC(=O)C(CSCC(OCC)OCC)NC(=O)c1ccc(N)cc1. The lowest BCUT2D eigenvalue weighted by atomic mass is 10.2.